The molecule has 0 aromatic heterocycles. The lowest BCUT2D eigenvalue weighted by Crippen LogP contribution is -2.25. The minimum absolute atomic E-state index is 0.247. The van der Waals surface area contributed by atoms with E-state index in [1.807, 2.05) is 52.8 Å². The molecule has 0 unspecified atom stereocenters. The Morgan fingerprint density at radius 3 is 2.00 bits per heavy atom. The average molecular weight is 352 g/mol. The van der Waals surface area contributed by atoms with Crippen LogP contribution in [0.1, 0.15) is 33.4 Å². The summed E-state index contributed by atoms with van der Waals surface area (Å²) in [5, 5.41) is 0.648. The normalized spacial score (nSPS) is 11.7. The van der Waals surface area contributed by atoms with Crippen LogP contribution in [0, 0.1) is 34.6 Å². The molecule has 1 N–H and O–H groups in total. The first kappa shape index (κ1) is 18.0. The molecule has 23 heavy (non-hydrogen) atoms. The summed E-state index contributed by atoms with van der Waals surface area (Å²) in [6.45, 7) is 9.74. The molecule has 2 rings (SSSR count). The van der Waals surface area contributed by atoms with E-state index in [4.69, 9.17) is 11.6 Å². The van der Waals surface area contributed by atoms with Gasteiger partial charge in [-0.25, -0.2) is 13.1 Å². The van der Waals surface area contributed by atoms with Crippen molar-refractivity contribution < 1.29 is 8.42 Å². The van der Waals surface area contributed by atoms with Gasteiger partial charge < -0.3 is 0 Å². The number of sulfonamides is 1. The lowest BCUT2D eigenvalue weighted by atomic mass is 10.0. The number of rotatable bonds is 4. The Bertz CT molecular complexity index is 832. The molecule has 0 aliphatic heterocycles. The summed E-state index contributed by atoms with van der Waals surface area (Å²) in [5.41, 5.74) is 5.45. The Morgan fingerprint density at radius 1 is 0.913 bits per heavy atom. The maximum Gasteiger partial charge on any atom is 0.241 e. The van der Waals surface area contributed by atoms with Gasteiger partial charge in [0.2, 0.25) is 10.0 Å². The predicted octanol–water partition coefficient (Wildman–Crippen LogP) is 4.36. The molecule has 0 heterocycles. The molecule has 0 amide bonds. The third-order valence-electron chi connectivity index (χ3n) is 4.32. The summed E-state index contributed by atoms with van der Waals surface area (Å²) < 4.78 is 28.3. The molecule has 0 atom stereocenters. The number of hydrogen-bond acceptors (Lipinski definition) is 2. The van der Waals surface area contributed by atoms with E-state index in [0.29, 0.717) is 9.92 Å². The van der Waals surface area contributed by atoms with Crippen LogP contribution in [0.4, 0.5) is 0 Å². The number of hydrogen-bond donors (Lipinski definition) is 1. The van der Waals surface area contributed by atoms with Crippen molar-refractivity contribution in [3.63, 3.8) is 0 Å². The zero-order chi connectivity index (χ0) is 17.4. The first-order chi connectivity index (χ1) is 10.6. The van der Waals surface area contributed by atoms with Gasteiger partial charge in [0, 0.05) is 11.6 Å². The van der Waals surface area contributed by atoms with Crippen molar-refractivity contribution in [3.05, 3.63) is 62.7 Å². The fourth-order valence-electron chi connectivity index (χ4n) is 2.69. The number of aryl methyl sites for hydroxylation is 3. The second kappa shape index (κ2) is 6.63. The molecular formula is C18H22ClNO2S. The summed E-state index contributed by atoms with van der Waals surface area (Å²) in [6.07, 6.45) is 0. The van der Waals surface area contributed by atoms with Gasteiger partial charge in [0.1, 0.15) is 0 Å². The second-order valence-corrected chi connectivity index (χ2v) is 8.13. The van der Waals surface area contributed by atoms with Crippen LogP contribution in [0.5, 0.6) is 0 Å². The maximum absolute atomic E-state index is 12.8. The lowest BCUT2D eigenvalue weighted by molar-refractivity contribution is 0.579. The van der Waals surface area contributed by atoms with Gasteiger partial charge >= 0.3 is 0 Å². The zero-order valence-corrected chi connectivity index (χ0v) is 15.7. The Labute approximate surface area is 143 Å². The molecule has 3 nitrogen and oxygen atoms in total. The lowest BCUT2D eigenvalue weighted by Gasteiger charge is -2.16. The largest absolute Gasteiger partial charge is 0.241 e. The van der Waals surface area contributed by atoms with E-state index in [1.54, 1.807) is 6.07 Å². The van der Waals surface area contributed by atoms with Crippen molar-refractivity contribution in [3.8, 4) is 0 Å². The van der Waals surface area contributed by atoms with Gasteiger partial charge in [0.25, 0.3) is 0 Å². The van der Waals surface area contributed by atoms with Crippen LogP contribution >= 0.6 is 11.6 Å². The highest BCUT2D eigenvalue weighted by atomic mass is 35.5. The molecule has 2 aromatic carbocycles. The Morgan fingerprint density at radius 2 is 1.48 bits per heavy atom. The van der Waals surface area contributed by atoms with E-state index < -0.39 is 10.0 Å². The van der Waals surface area contributed by atoms with Gasteiger partial charge in [-0.2, -0.15) is 0 Å². The summed E-state index contributed by atoms with van der Waals surface area (Å²) in [5.74, 6) is 0. The predicted molar refractivity (Wildman–Crippen MR) is 95.6 cm³/mol. The first-order valence-electron chi connectivity index (χ1n) is 7.45. The van der Waals surface area contributed by atoms with Gasteiger partial charge in [-0.1, -0.05) is 23.7 Å². The minimum Gasteiger partial charge on any atom is -0.207 e. The molecule has 0 saturated heterocycles. The standard InChI is InChI=1S/C18H22ClNO2S/c1-11-8-12(2)15(5)18(14(11)4)23(21,22)20-10-16-6-7-17(19)9-13(16)3/h6-9,20H,10H2,1-5H3. The van der Waals surface area contributed by atoms with Crippen molar-refractivity contribution in [2.45, 2.75) is 46.1 Å². The number of nitrogens with one attached hydrogen (secondary N) is 1. The molecule has 0 bridgehead atoms. The molecule has 0 aliphatic rings. The van der Waals surface area contributed by atoms with E-state index in [1.165, 1.54) is 0 Å². The molecule has 0 fully saturated rings. The van der Waals surface area contributed by atoms with Crippen molar-refractivity contribution in [2.75, 3.05) is 0 Å². The van der Waals surface area contributed by atoms with Gasteiger partial charge in [-0.05, 0) is 80.1 Å². The topological polar surface area (TPSA) is 46.2 Å². The van der Waals surface area contributed by atoms with Crippen LogP contribution in [0.2, 0.25) is 5.02 Å². The zero-order valence-electron chi connectivity index (χ0n) is 14.1. The van der Waals surface area contributed by atoms with E-state index in [9.17, 15) is 8.42 Å². The minimum atomic E-state index is -3.57. The molecule has 124 valence electrons. The number of benzene rings is 2. The quantitative estimate of drug-likeness (QED) is 0.889. The molecule has 0 radical (unpaired) electrons. The highest BCUT2D eigenvalue weighted by Gasteiger charge is 2.21. The van der Waals surface area contributed by atoms with Crippen molar-refractivity contribution in [1.29, 1.82) is 0 Å². The molecule has 0 aliphatic carbocycles. The van der Waals surface area contributed by atoms with Crippen molar-refractivity contribution in [1.82, 2.24) is 4.72 Å². The fourth-order valence-corrected chi connectivity index (χ4v) is 4.53. The Hall–Kier alpha value is -1.36. The van der Waals surface area contributed by atoms with Gasteiger partial charge in [0.15, 0.2) is 0 Å². The Kier molecular flexibility index (Phi) is 5.19. The highest BCUT2D eigenvalue weighted by molar-refractivity contribution is 7.89. The fraction of sp³-hybridized carbons (Fsp3) is 0.333. The highest BCUT2D eigenvalue weighted by Crippen LogP contribution is 2.26. The summed E-state index contributed by atoms with van der Waals surface area (Å²) in [6, 6.07) is 7.47. The smallest absolute Gasteiger partial charge is 0.207 e. The van der Waals surface area contributed by atoms with Crippen LogP contribution in [-0.2, 0) is 16.6 Å². The van der Waals surface area contributed by atoms with Crippen LogP contribution in [0.3, 0.4) is 0 Å². The monoisotopic (exact) mass is 351 g/mol. The average Bonchev–Trinajstić information content (AvgIpc) is 2.44. The third-order valence-corrected chi connectivity index (χ3v) is 6.23. The van der Waals surface area contributed by atoms with E-state index in [0.717, 1.165) is 33.4 Å². The van der Waals surface area contributed by atoms with Crippen LogP contribution in [0.15, 0.2) is 29.2 Å². The van der Waals surface area contributed by atoms with Crippen molar-refractivity contribution >= 4 is 21.6 Å². The van der Waals surface area contributed by atoms with Gasteiger partial charge in [-0.15, -0.1) is 0 Å². The molecule has 0 saturated carbocycles. The van der Waals surface area contributed by atoms with Crippen LogP contribution in [0.25, 0.3) is 0 Å². The molecular weight excluding hydrogens is 330 g/mol. The summed E-state index contributed by atoms with van der Waals surface area (Å²) in [4.78, 5) is 0.390. The summed E-state index contributed by atoms with van der Waals surface area (Å²) >= 11 is 5.94. The summed E-state index contributed by atoms with van der Waals surface area (Å²) in [7, 11) is -3.57. The number of halogens is 1. The van der Waals surface area contributed by atoms with Gasteiger partial charge in [-0.3, -0.25) is 0 Å². The van der Waals surface area contributed by atoms with E-state index in [2.05, 4.69) is 4.72 Å². The first-order valence-corrected chi connectivity index (χ1v) is 9.31. The second-order valence-electron chi connectivity index (χ2n) is 5.98. The maximum atomic E-state index is 12.8. The van der Waals surface area contributed by atoms with E-state index >= 15 is 0 Å². The van der Waals surface area contributed by atoms with Crippen LogP contribution in [-0.4, -0.2) is 8.42 Å². The van der Waals surface area contributed by atoms with Crippen LogP contribution < -0.4 is 4.72 Å². The Balaban J connectivity index is 2.37. The SMILES string of the molecule is Cc1cc(Cl)ccc1CNS(=O)(=O)c1c(C)c(C)cc(C)c1C. The van der Waals surface area contributed by atoms with Gasteiger partial charge in [0.05, 0.1) is 4.90 Å². The molecule has 0 spiro atoms. The van der Waals surface area contributed by atoms with E-state index in [-0.39, 0.29) is 6.54 Å². The third kappa shape index (κ3) is 3.77. The molecule has 5 heteroatoms. The molecule has 2 aromatic rings. The van der Waals surface area contributed by atoms with Crippen molar-refractivity contribution in [2.24, 2.45) is 0 Å².